The van der Waals surface area contributed by atoms with Crippen molar-refractivity contribution >= 4 is 23.5 Å². The molecule has 8 nitrogen and oxygen atoms in total. The van der Waals surface area contributed by atoms with Crippen molar-refractivity contribution in [2.45, 2.75) is 40.0 Å². The van der Waals surface area contributed by atoms with E-state index in [0.29, 0.717) is 43.0 Å². The molecule has 0 unspecified atom stereocenters. The third-order valence-corrected chi connectivity index (χ3v) is 4.53. The molecule has 2 amide bonds. The molecule has 0 atom stereocenters. The van der Waals surface area contributed by atoms with Gasteiger partial charge in [-0.3, -0.25) is 9.59 Å². The van der Waals surface area contributed by atoms with Gasteiger partial charge in [0, 0.05) is 31.6 Å². The van der Waals surface area contributed by atoms with Gasteiger partial charge in [0.1, 0.15) is 5.56 Å². The summed E-state index contributed by atoms with van der Waals surface area (Å²) in [6.07, 6.45) is 2.39. The molecule has 1 aromatic carbocycles. The zero-order chi connectivity index (χ0) is 20.7. The molecule has 150 valence electrons. The fraction of sp³-hybridized carbons (Fsp3) is 0.400. The van der Waals surface area contributed by atoms with Gasteiger partial charge in [-0.25, -0.2) is 9.48 Å². The number of aromatic nitrogens is 2. The molecule has 1 aromatic heterocycles. The lowest BCUT2D eigenvalue weighted by molar-refractivity contribution is -0.131. The Hall–Kier alpha value is -3.16. The summed E-state index contributed by atoms with van der Waals surface area (Å²) in [5.74, 6) is -1.15. The number of hydrogen-bond acceptors (Lipinski definition) is 4. The number of carboxylic acids is 1. The number of hydrogen-bond donors (Lipinski definition) is 2. The molecule has 0 aliphatic carbocycles. The van der Waals surface area contributed by atoms with Crippen LogP contribution in [-0.4, -0.2) is 50.7 Å². The Morgan fingerprint density at radius 1 is 1.18 bits per heavy atom. The van der Waals surface area contributed by atoms with Gasteiger partial charge in [-0.1, -0.05) is 6.07 Å². The van der Waals surface area contributed by atoms with E-state index in [-0.39, 0.29) is 23.8 Å². The predicted octanol–water partition coefficient (Wildman–Crippen LogP) is 2.86. The summed E-state index contributed by atoms with van der Waals surface area (Å²) in [7, 11) is 0. The Labute approximate surface area is 164 Å². The molecular weight excluding hydrogens is 360 g/mol. The lowest BCUT2D eigenvalue weighted by Crippen LogP contribution is -2.30. The van der Waals surface area contributed by atoms with Crippen LogP contribution in [0, 0.1) is 6.92 Å². The summed E-state index contributed by atoms with van der Waals surface area (Å²) in [5, 5.41) is 16.1. The molecule has 0 saturated heterocycles. The molecule has 1 heterocycles. The summed E-state index contributed by atoms with van der Waals surface area (Å²) in [5.41, 5.74) is 1.88. The highest BCUT2D eigenvalue weighted by atomic mass is 16.4. The number of carbonyl (C=O) groups excluding carboxylic acids is 2. The number of anilines is 1. The Balaban J connectivity index is 1.96. The fourth-order valence-electron chi connectivity index (χ4n) is 2.95. The van der Waals surface area contributed by atoms with Crippen molar-refractivity contribution in [2.75, 3.05) is 18.4 Å². The highest BCUT2D eigenvalue weighted by Crippen LogP contribution is 2.18. The standard InChI is InChI=1S/C20H26N4O4/c1-4-23(5-2)19(26)11-7-10-18(25)22-15-8-6-9-16(12-15)24-14(3)17(13-21-24)20(27)28/h6,8-9,12-13H,4-5,7,10-11H2,1-3H3,(H,22,25)(H,27,28). The van der Waals surface area contributed by atoms with Crippen molar-refractivity contribution < 1.29 is 19.5 Å². The molecule has 2 aromatic rings. The van der Waals surface area contributed by atoms with Crippen molar-refractivity contribution in [1.82, 2.24) is 14.7 Å². The van der Waals surface area contributed by atoms with Crippen LogP contribution in [0.15, 0.2) is 30.5 Å². The first-order chi connectivity index (χ1) is 13.4. The van der Waals surface area contributed by atoms with Crippen molar-refractivity contribution in [1.29, 1.82) is 0 Å². The summed E-state index contributed by atoms with van der Waals surface area (Å²) in [4.78, 5) is 37.1. The summed E-state index contributed by atoms with van der Waals surface area (Å²) >= 11 is 0. The van der Waals surface area contributed by atoms with Crippen molar-refractivity contribution in [2.24, 2.45) is 0 Å². The molecule has 0 saturated carbocycles. The van der Waals surface area contributed by atoms with Gasteiger partial charge in [-0.05, 0) is 45.4 Å². The molecule has 0 spiro atoms. The monoisotopic (exact) mass is 386 g/mol. The number of nitrogens with zero attached hydrogens (tertiary/aromatic N) is 3. The van der Waals surface area contributed by atoms with E-state index >= 15 is 0 Å². The first-order valence-electron chi connectivity index (χ1n) is 9.33. The maximum absolute atomic E-state index is 12.2. The van der Waals surface area contributed by atoms with E-state index < -0.39 is 5.97 Å². The summed E-state index contributed by atoms with van der Waals surface area (Å²) < 4.78 is 1.52. The number of amides is 2. The number of carboxylic acid groups (broad SMARTS) is 1. The van der Waals surface area contributed by atoms with Gasteiger partial charge in [0.25, 0.3) is 0 Å². The van der Waals surface area contributed by atoms with E-state index in [1.165, 1.54) is 10.9 Å². The zero-order valence-corrected chi connectivity index (χ0v) is 16.4. The van der Waals surface area contributed by atoms with Gasteiger partial charge in [-0.2, -0.15) is 5.10 Å². The first kappa shape index (κ1) is 21.1. The minimum absolute atomic E-state index is 0.0585. The molecule has 0 aliphatic heterocycles. The lowest BCUT2D eigenvalue weighted by atomic mass is 10.2. The molecule has 0 fully saturated rings. The van der Waals surface area contributed by atoms with Crippen LogP contribution in [0.25, 0.3) is 5.69 Å². The van der Waals surface area contributed by atoms with E-state index in [4.69, 9.17) is 5.11 Å². The van der Waals surface area contributed by atoms with E-state index in [1.807, 2.05) is 13.8 Å². The molecule has 2 rings (SSSR count). The van der Waals surface area contributed by atoms with E-state index in [0.717, 1.165) is 0 Å². The molecule has 2 N–H and O–H groups in total. The second-order valence-corrected chi connectivity index (χ2v) is 6.38. The third-order valence-electron chi connectivity index (χ3n) is 4.53. The van der Waals surface area contributed by atoms with E-state index in [1.54, 1.807) is 36.1 Å². The molecule has 8 heteroatoms. The van der Waals surface area contributed by atoms with Crippen LogP contribution < -0.4 is 5.32 Å². The third kappa shape index (κ3) is 5.18. The minimum Gasteiger partial charge on any atom is -0.478 e. The molecule has 0 aliphatic rings. The maximum atomic E-state index is 12.2. The first-order valence-corrected chi connectivity index (χ1v) is 9.33. The normalized spacial score (nSPS) is 10.5. The molecule has 0 radical (unpaired) electrons. The Kier molecular flexibility index (Phi) is 7.31. The van der Waals surface area contributed by atoms with Gasteiger partial charge < -0.3 is 15.3 Å². The fourth-order valence-corrected chi connectivity index (χ4v) is 2.95. The molecular formula is C20H26N4O4. The van der Waals surface area contributed by atoms with Crippen LogP contribution >= 0.6 is 0 Å². The molecule has 0 bridgehead atoms. The van der Waals surface area contributed by atoms with Gasteiger partial charge in [0.2, 0.25) is 11.8 Å². The Bertz CT molecular complexity index is 856. The SMILES string of the molecule is CCN(CC)C(=O)CCCC(=O)Nc1cccc(-n2ncc(C(=O)O)c2C)c1. The smallest absolute Gasteiger partial charge is 0.339 e. The quantitative estimate of drug-likeness (QED) is 0.689. The number of nitrogens with one attached hydrogen (secondary N) is 1. The maximum Gasteiger partial charge on any atom is 0.339 e. The lowest BCUT2D eigenvalue weighted by Gasteiger charge is -2.18. The topological polar surface area (TPSA) is 105 Å². The number of benzene rings is 1. The van der Waals surface area contributed by atoms with Gasteiger partial charge >= 0.3 is 5.97 Å². The van der Waals surface area contributed by atoms with Gasteiger partial charge in [-0.15, -0.1) is 0 Å². The second-order valence-electron chi connectivity index (χ2n) is 6.38. The number of rotatable bonds is 9. The van der Waals surface area contributed by atoms with Crippen LogP contribution in [0.2, 0.25) is 0 Å². The Morgan fingerprint density at radius 2 is 1.89 bits per heavy atom. The van der Waals surface area contributed by atoms with Crippen molar-refractivity contribution in [3.05, 3.63) is 41.7 Å². The minimum atomic E-state index is -1.03. The highest BCUT2D eigenvalue weighted by molar-refractivity contribution is 5.91. The van der Waals surface area contributed by atoms with Gasteiger partial charge in [0.15, 0.2) is 0 Å². The van der Waals surface area contributed by atoms with Gasteiger partial charge in [0.05, 0.1) is 17.6 Å². The van der Waals surface area contributed by atoms with Crippen molar-refractivity contribution in [3.63, 3.8) is 0 Å². The summed E-state index contributed by atoms with van der Waals surface area (Å²) in [6.45, 7) is 6.88. The Morgan fingerprint density at radius 3 is 2.50 bits per heavy atom. The van der Waals surface area contributed by atoms with Crippen LogP contribution in [0.4, 0.5) is 5.69 Å². The second kappa shape index (κ2) is 9.68. The number of aromatic carboxylic acids is 1. The zero-order valence-electron chi connectivity index (χ0n) is 16.4. The number of carbonyl (C=O) groups is 3. The van der Waals surface area contributed by atoms with Crippen molar-refractivity contribution in [3.8, 4) is 5.69 Å². The van der Waals surface area contributed by atoms with Crippen LogP contribution in [-0.2, 0) is 9.59 Å². The average Bonchev–Trinajstić information content (AvgIpc) is 3.04. The van der Waals surface area contributed by atoms with Crippen LogP contribution in [0.3, 0.4) is 0 Å². The highest BCUT2D eigenvalue weighted by Gasteiger charge is 2.14. The predicted molar refractivity (Wildman–Crippen MR) is 106 cm³/mol. The summed E-state index contributed by atoms with van der Waals surface area (Å²) in [6, 6.07) is 7.02. The average molecular weight is 386 g/mol. The van der Waals surface area contributed by atoms with Crippen LogP contribution in [0.1, 0.15) is 49.2 Å². The van der Waals surface area contributed by atoms with Crippen LogP contribution in [0.5, 0.6) is 0 Å². The largest absolute Gasteiger partial charge is 0.478 e. The molecule has 28 heavy (non-hydrogen) atoms. The van der Waals surface area contributed by atoms with E-state index in [2.05, 4.69) is 10.4 Å². The van der Waals surface area contributed by atoms with E-state index in [9.17, 15) is 14.4 Å².